The molecule has 1 fully saturated rings. The fourth-order valence-electron chi connectivity index (χ4n) is 7.76. The van der Waals surface area contributed by atoms with Crippen molar-refractivity contribution in [1.82, 2.24) is 30.5 Å². The molecule has 1 unspecified atom stereocenters. The minimum atomic E-state index is -0.854. The number of carbonyl (C=O) groups is 3. The summed E-state index contributed by atoms with van der Waals surface area (Å²) in [4.78, 5) is 58.1. The van der Waals surface area contributed by atoms with E-state index in [1.807, 2.05) is 76.5 Å². The number of benzene rings is 2. The van der Waals surface area contributed by atoms with Crippen LogP contribution in [-0.4, -0.2) is 81.1 Å². The molecule has 63 heavy (non-hydrogen) atoms. The molecule has 16 heteroatoms. The molecule has 13 nitrogen and oxygen atoms in total. The second kappa shape index (κ2) is 21.8. The Labute approximate surface area is 386 Å². The number of thiophene rings is 1. The predicted octanol–water partition coefficient (Wildman–Crippen LogP) is 9.29. The van der Waals surface area contributed by atoms with Crippen LogP contribution in [0.4, 0.5) is 5.82 Å². The molecule has 0 aliphatic carbocycles. The van der Waals surface area contributed by atoms with Gasteiger partial charge in [-0.1, -0.05) is 70.7 Å². The number of aryl methyl sites for hydroxylation is 2. The summed E-state index contributed by atoms with van der Waals surface area (Å²) in [7, 11) is 1.63. The first-order valence-corrected chi connectivity index (χ1v) is 24.2. The first kappa shape index (κ1) is 47.8. The van der Waals surface area contributed by atoms with E-state index in [4.69, 9.17) is 14.5 Å². The smallest absolute Gasteiger partial charge is 0.246 e. The lowest BCUT2D eigenvalue weighted by molar-refractivity contribution is -0.144. The van der Waals surface area contributed by atoms with E-state index in [-0.39, 0.29) is 43.3 Å². The number of hydrogen-bond acceptors (Lipinski definition) is 12. The highest BCUT2D eigenvalue weighted by Crippen LogP contribution is 2.37. The van der Waals surface area contributed by atoms with Crippen molar-refractivity contribution < 1.29 is 29.0 Å². The third-order valence-corrected chi connectivity index (χ3v) is 14.1. The zero-order valence-corrected chi connectivity index (χ0v) is 40.5. The lowest BCUT2D eigenvalue weighted by atomic mass is 9.85. The number of aliphatic hydroxyl groups excluding tert-OH is 1. The van der Waals surface area contributed by atoms with Crippen LogP contribution < -0.4 is 25.4 Å². The average Bonchev–Trinajstić information content (AvgIpc) is 4.00. The maximum atomic E-state index is 14.0. The molecule has 3 amide bonds. The van der Waals surface area contributed by atoms with Crippen LogP contribution in [0.25, 0.3) is 21.3 Å². The molecule has 0 saturated carbocycles. The third kappa shape index (κ3) is 12.8. The summed E-state index contributed by atoms with van der Waals surface area (Å²) in [5.74, 6) is 1.78. The second-order valence-corrected chi connectivity index (χ2v) is 20.1. The number of thiazole rings is 1. The number of halogens is 1. The summed E-state index contributed by atoms with van der Waals surface area (Å²) < 4.78 is 13.0. The second-order valence-electron chi connectivity index (χ2n) is 17.3. The van der Waals surface area contributed by atoms with Crippen molar-refractivity contribution in [2.45, 2.75) is 124 Å². The molecule has 0 spiro atoms. The maximum Gasteiger partial charge on any atom is 0.246 e. The number of unbranched alkanes of at least 4 members (excludes halogenated alkanes) is 5. The molecule has 4 heterocycles. The van der Waals surface area contributed by atoms with Gasteiger partial charge in [-0.3, -0.25) is 14.4 Å². The highest BCUT2D eigenvalue weighted by molar-refractivity contribution is 9.10. The van der Waals surface area contributed by atoms with Crippen LogP contribution in [0.5, 0.6) is 11.5 Å². The van der Waals surface area contributed by atoms with Gasteiger partial charge in [0.15, 0.2) is 11.5 Å². The van der Waals surface area contributed by atoms with Crippen molar-refractivity contribution in [2.75, 3.05) is 25.6 Å². The molecule has 338 valence electrons. The van der Waals surface area contributed by atoms with E-state index in [1.165, 1.54) is 9.78 Å². The Bertz CT molecular complexity index is 2350. The number of amides is 3. The highest BCUT2D eigenvalue weighted by Gasteiger charge is 2.44. The van der Waals surface area contributed by atoms with E-state index < -0.39 is 23.6 Å². The number of methoxy groups -OCH3 is 1. The van der Waals surface area contributed by atoms with Gasteiger partial charge in [-0.15, -0.1) is 22.7 Å². The van der Waals surface area contributed by atoms with E-state index in [0.717, 1.165) is 75.0 Å². The summed E-state index contributed by atoms with van der Waals surface area (Å²) in [6, 6.07) is 12.3. The number of aromatic nitrogens is 3. The minimum Gasteiger partial charge on any atom is -0.493 e. The molecular formula is C47H60BrN7O6S2. The number of fused-ring (bicyclic) bond motifs is 1. The molecule has 4 N–H and O–H groups in total. The zero-order chi connectivity index (χ0) is 45.3. The fraction of sp³-hybridized carbons (Fsp3) is 0.489. The topological polar surface area (TPSA) is 168 Å². The Kier molecular flexibility index (Phi) is 16.6. The summed E-state index contributed by atoms with van der Waals surface area (Å²) in [5.41, 5.74) is 4.94. The van der Waals surface area contributed by atoms with Crippen LogP contribution in [0.3, 0.4) is 0 Å². The van der Waals surface area contributed by atoms with Gasteiger partial charge in [0.05, 0.1) is 47.5 Å². The quantitative estimate of drug-likeness (QED) is 0.0552. The normalized spacial score (nSPS) is 16.2. The SMILES string of the molecule is COc1cc2c(N[C@H](C)c3cc(Br)cs3)nc(C)nc2cc1OCCCCCCCCC(=O)NC(C(=O)N1C[C@H](O)C[C@H]1C(=O)NCc1ccc(-c2scnc2C)cc1)C(C)(C)C. The first-order chi connectivity index (χ1) is 30.1. The number of ether oxygens (including phenoxy) is 2. The van der Waals surface area contributed by atoms with E-state index in [1.54, 1.807) is 29.8 Å². The molecule has 1 aliphatic heterocycles. The lowest BCUT2D eigenvalue weighted by Crippen LogP contribution is -2.57. The van der Waals surface area contributed by atoms with E-state index >= 15 is 0 Å². The molecule has 1 aliphatic rings. The van der Waals surface area contributed by atoms with Crippen molar-refractivity contribution in [3.05, 3.63) is 79.8 Å². The third-order valence-electron chi connectivity index (χ3n) is 11.2. The molecule has 0 bridgehead atoms. The Morgan fingerprint density at radius 1 is 0.984 bits per heavy atom. The van der Waals surface area contributed by atoms with Crippen molar-refractivity contribution in [1.29, 1.82) is 0 Å². The van der Waals surface area contributed by atoms with Gasteiger partial charge < -0.3 is 35.4 Å². The van der Waals surface area contributed by atoms with Gasteiger partial charge in [-0.2, -0.15) is 0 Å². The zero-order valence-electron chi connectivity index (χ0n) is 37.3. The predicted molar refractivity (Wildman–Crippen MR) is 254 cm³/mol. The number of rotatable bonds is 20. The Morgan fingerprint density at radius 3 is 2.38 bits per heavy atom. The van der Waals surface area contributed by atoms with E-state index in [0.29, 0.717) is 36.8 Å². The van der Waals surface area contributed by atoms with Crippen LogP contribution in [0, 0.1) is 19.3 Å². The summed E-state index contributed by atoms with van der Waals surface area (Å²) in [6.07, 6.45) is 5.00. The molecule has 5 aromatic rings. The van der Waals surface area contributed by atoms with E-state index in [9.17, 15) is 19.5 Å². The molecule has 6 rings (SSSR count). The average molecular weight is 963 g/mol. The molecule has 0 radical (unpaired) electrons. The first-order valence-electron chi connectivity index (χ1n) is 21.7. The van der Waals surface area contributed by atoms with Crippen LogP contribution in [0.15, 0.2) is 57.8 Å². The molecule has 1 saturated heterocycles. The number of nitrogens with zero attached hydrogens (tertiary/aromatic N) is 4. The number of hydrogen-bond donors (Lipinski definition) is 4. The number of anilines is 1. The summed E-state index contributed by atoms with van der Waals surface area (Å²) in [6.45, 7) is 12.5. The Hall–Kier alpha value is -4.64. The largest absolute Gasteiger partial charge is 0.493 e. The van der Waals surface area contributed by atoms with Gasteiger partial charge in [0.2, 0.25) is 17.7 Å². The van der Waals surface area contributed by atoms with Gasteiger partial charge in [0.1, 0.15) is 23.7 Å². The maximum absolute atomic E-state index is 14.0. The number of β-amino-alcohol motifs (C(OH)–C–C–N with tert-alkyl or cyclic N) is 1. The Balaban J connectivity index is 0.916. The molecule has 2 aromatic carbocycles. The van der Waals surface area contributed by atoms with Crippen molar-refractivity contribution >= 4 is 73.0 Å². The standard InChI is InChI=1S/C47H60BrN7O6S2/c1-28(40-20-33(48)26-62-40)51-44-35-22-38(60-7)39(23-36(35)52-30(3)53-44)61-19-13-11-9-8-10-12-14-41(57)54-43(47(4,5)6)46(59)55-25-34(56)21-37(55)45(58)49-24-31-15-17-32(18-16-31)42-29(2)50-27-63-42/h15-18,20,22-23,26-28,34,37,43,56H,8-14,19,21,24-25H2,1-7H3,(H,49,58)(H,54,57)(H,51,52,53)/t28-,34-,37+,43?/m1/s1. The van der Waals surface area contributed by atoms with Crippen LogP contribution in [0.1, 0.15) is 107 Å². The van der Waals surface area contributed by atoms with E-state index in [2.05, 4.69) is 60.2 Å². The molecule has 4 atom stereocenters. The number of nitrogens with one attached hydrogen (secondary N) is 3. The van der Waals surface area contributed by atoms with Crippen LogP contribution >= 0.6 is 38.6 Å². The minimum absolute atomic E-state index is 0.0327. The van der Waals surface area contributed by atoms with Crippen LogP contribution in [-0.2, 0) is 20.9 Å². The highest BCUT2D eigenvalue weighted by atomic mass is 79.9. The van der Waals surface area contributed by atoms with Crippen molar-refractivity contribution in [3.8, 4) is 21.9 Å². The number of likely N-dealkylation sites (tertiary alicyclic amines) is 1. The van der Waals surface area contributed by atoms with Crippen molar-refractivity contribution in [2.24, 2.45) is 5.41 Å². The monoisotopic (exact) mass is 961 g/mol. The fourth-order valence-corrected chi connectivity index (χ4v) is 10.0. The molecular weight excluding hydrogens is 903 g/mol. The molecule has 3 aromatic heterocycles. The number of carbonyl (C=O) groups excluding carboxylic acids is 3. The lowest BCUT2D eigenvalue weighted by Gasteiger charge is -2.35. The van der Waals surface area contributed by atoms with Gasteiger partial charge in [0.25, 0.3) is 0 Å². The van der Waals surface area contributed by atoms with Gasteiger partial charge in [0, 0.05) is 52.1 Å². The Morgan fingerprint density at radius 2 is 1.71 bits per heavy atom. The van der Waals surface area contributed by atoms with Gasteiger partial charge >= 0.3 is 0 Å². The van der Waals surface area contributed by atoms with Crippen molar-refractivity contribution in [3.63, 3.8) is 0 Å². The number of aliphatic hydroxyl groups is 1. The summed E-state index contributed by atoms with van der Waals surface area (Å²) in [5, 5.41) is 23.0. The van der Waals surface area contributed by atoms with Gasteiger partial charge in [-0.25, -0.2) is 15.0 Å². The van der Waals surface area contributed by atoms with Crippen LogP contribution in [0.2, 0.25) is 0 Å². The van der Waals surface area contributed by atoms with Gasteiger partial charge in [-0.05, 0) is 78.2 Å². The summed E-state index contributed by atoms with van der Waals surface area (Å²) >= 11 is 6.81.